The second-order valence-electron chi connectivity index (χ2n) is 10.2. The molecule has 5 aromatic carbocycles. The fourth-order valence-electron chi connectivity index (χ4n) is 3.61. The van der Waals surface area contributed by atoms with Gasteiger partial charge in [-0.3, -0.25) is 14.7 Å². The summed E-state index contributed by atoms with van der Waals surface area (Å²) in [7, 11) is -4.61. The number of nitrogens with two attached hydrogens (primary N) is 4. The normalized spacial score (nSPS) is 10.4. The first kappa shape index (κ1) is 43.8. The number of rotatable bonds is 10. The van der Waals surface area contributed by atoms with Crippen molar-refractivity contribution < 1.29 is 52.3 Å². The van der Waals surface area contributed by atoms with Crippen LogP contribution in [0.2, 0.25) is 0 Å². The number of para-hydroxylation sites is 1. The van der Waals surface area contributed by atoms with Crippen LogP contribution < -0.4 is 28.3 Å². The first-order chi connectivity index (χ1) is 25.0. The number of aromatic hydroxyl groups is 1. The highest BCUT2D eigenvalue weighted by Crippen LogP contribution is 2.30. The summed E-state index contributed by atoms with van der Waals surface area (Å²) in [5, 5.41) is 45.0. The van der Waals surface area contributed by atoms with Crippen molar-refractivity contribution in [1.29, 1.82) is 0 Å². The summed E-state index contributed by atoms with van der Waals surface area (Å²) >= 11 is 1.67. The topological polar surface area (TPSA) is 311 Å². The molecule has 0 aromatic heterocycles. The van der Waals surface area contributed by atoms with Gasteiger partial charge < -0.3 is 33.4 Å². The molecule has 18 nitrogen and oxygen atoms in total. The van der Waals surface area contributed by atoms with Gasteiger partial charge in [-0.05, 0) is 91.7 Å². The number of phenols is 1. The van der Waals surface area contributed by atoms with Crippen LogP contribution in [0.4, 0.5) is 39.8 Å². The van der Waals surface area contributed by atoms with Gasteiger partial charge in [0.05, 0.1) is 40.4 Å². The molecule has 0 spiro atoms. The number of nitrogens with one attached hydrogen (secondary N) is 1. The Hall–Kier alpha value is -5.33. The largest absolute Gasteiger partial charge is 0.506 e. The van der Waals surface area contributed by atoms with E-state index in [0.29, 0.717) is 22.0 Å². The predicted octanol–water partition coefficient (Wildman–Crippen LogP) is 7.15. The number of phenolic OH excluding ortho intramolecular Hbond substituents is 1. The van der Waals surface area contributed by atoms with E-state index in [0.717, 1.165) is 57.9 Å². The SMILES string of the molecule is Cc1ccc(SOOO)cc1N.Cc1ccccc1N.Nc1cc(SOOO)ccc1O.Nc1ccc(Nc2ccc([N+](=O)[O-])cc2S(=O)(=O)O)cc1. The van der Waals surface area contributed by atoms with Crippen molar-refractivity contribution in [3.8, 4) is 5.75 Å². The van der Waals surface area contributed by atoms with Gasteiger partial charge in [0.1, 0.15) is 10.6 Å². The molecule has 0 heterocycles. The van der Waals surface area contributed by atoms with Crippen LogP contribution in [-0.4, -0.2) is 33.5 Å². The molecular formula is C32H36N6O12S3. The van der Waals surface area contributed by atoms with Crippen molar-refractivity contribution in [2.24, 2.45) is 0 Å². The molecule has 0 saturated heterocycles. The highest BCUT2D eigenvalue weighted by atomic mass is 32.2. The Morgan fingerprint density at radius 1 is 0.717 bits per heavy atom. The standard InChI is InChI=1S/C12H11N3O5S.C7H9NO3S.C7H9N.C6H7NO4S/c13-8-1-3-9(4-2-8)14-11-6-5-10(15(16)17)7-12(11)21(18,19)20;1-5-2-3-6(4-7(5)8)12-11-10-9;1-6-4-2-3-5-7(6)8;7-5-3-4(12-11-10-9)1-2-6(5)8/h1-7,14H,13H2,(H,18,19,20);2-4,9H,8H2,1H3;2-5H,8H2,1H3;1-3,8-9H,7H2. The van der Waals surface area contributed by atoms with E-state index in [9.17, 15) is 23.1 Å². The van der Waals surface area contributed by atoms with Crippen LogP contribution in [0.25, 0.3) is 0 Å². The van der Waals surface area contributed by atoms with E-state index in [1.807, 2.05) is 50.2 Å². The monoisotopic (exact) mass is 792 g/mol. The van der Waals surface area contributed by atoms with Crippen LogP contribution in [0, 0.1) is 24.0 Å². The molecule has 5 rings (SSSR count). The van der Waals surface area contributed by atoms with E-state index >= 15 is 0 Å². The van der Waals surface area contributed by atoms with Crippen LogP contribution in [0.15, 0.2) is 118 Å². The molecule has 5 aromatic rings. The lowest BCUT2D eigenvalue weighted by Crippen LogP contribution is -2.04. The summed E-state index contributed by atoms with van der Waals surface area (Å²) in [5.41, 5.74) is 26.6. The van der Waals surface area contributed by atoms with Gasteiger partial charge in [0.25, 0.3) is 15.8 Å². The first-order valence-corrected chi connectivity index (χ1v) is 17.4. The maximum absolute atomic E-state index is 11.3. The third-order valence-corrected chi connectivity index (χ3v) is 8.45. The van der Waals surface area contributed by atoms with E-state index in [-0.39, 0.29) is 17.1 Å². The van der Waals surface area contributed by atoms with Gasteiger partial charge in [-0.15, -0.1) is 8.67 Å². The Morgan fingerprint density at radius 3 is 1.74 bits per heavy atom. The van der Waals surface area contributed by atoms with Gasteiger partial charge >= 0.3 is 0 Å². The first-order valence-electron chi connectivity index (χ1n) is 14.5. The van der Waals surface area contributed by atoms with E-state index in [1.165, 1.54) is 18.2 Å². The zero-order valence-electron chi connectivity index (χ0n) is 27.9. The maximum Gasteiger partial charge on any atom is 0.296 e. The molecule has 0 atom stereocenters. The predicted molar refractivity (Wildman–Crippen MR) is 202 cm³/mol. The molecule has 0 aliphatic carbocycles. The molecule has 0 aliphatic heterocycles. The van der Waals surface area contributed by atoms with Crippen molar-refractivity contribution in [2.45, 2.75) is 28.5 Å². The molecule has 0 saturated carbocycles. The average Bonchev–Trinajstić information content (AvgIpc) is 3.12. The molecule has 0 bridgehead atoms. The molecule has 0 aliphatic rings. The second kappa shape index (κ2) is 21.9. The molecule has 21 heteroatoms. The quantitative estimate of drug-likeness (QED) is 0.0129. The van der Waals surface area contributed by atoms with E-state index in [1.54, 1.807) is 36.4 Å². The van der Waals surface area contributed by atoms with Crippen LogP contribution in [0.5, 0.6) is 5.75 Å². The second-order valence-corrected chi connectivity index (χ2v) is 13.1. The van der Waals surface area contributed by atoms with Gasteiger partial charge in [0.15, 0.2) is 0 Å². The Labute approximate surface area is 312 Å². The lowest BCUT2D eigenvalue weighted by molar-refractivity contribution is -0.432. The molecule has 0 unspecified atom stereocenters. The summed E-state index contributed by atoms with van der Waals surface area (Å²) < 4.78 is 40.3. The molecule has 0 amide bonds. The lowest BCUT2D eigenvalue weighted by atomic mass is 10.2. The lowest BCUT2D eigenvalue weighted by Gasteiger charge is -2.10. The van der Waals surface area contributed by atoms with Crippen LogP contribution in [0.3, 0.4) is 0 Å². The highest BCUT2D eigenvalue weighted by Gasteiger charge is 2.20. The van der Waals surface area contributed by atoms with Gasteiger partial charge in [-0.25, -0.2) is 10.5 Å². The number of hydrogen-bond acceptors (Lipinski definition) is 18. The molecule has 0 radical (unpaired) electrons. The van der Waals surface area contributed by atoms with Crippen molar-refractivity contribution in [3.05, 3.63) is 124 Å². The van der Waals surface area contributed by atoms with Gasteiger partial charge in [-0.2, -0.15) is 8.42 Å². The number of anilines is 6. The van der Waals surface area contributed by atoms with Crippen LogP contribution >= 0.6 is 24.1 Å². The number of non-ortho nitro benzene ring substituents is 1. The summed E-state index contributed by atoms with van der Waals surface area (Å²) in [6, 6.07) is 27.2. The number of nitro benzene ring substituents is 1. The summed E-state index contributed by atoms with van der Waals surface area (Å²) in [4.78, 5) is 10.7. The van der Waals surface area contributed by atoms with Crippen LogP contribution in [0.1, 0.15) is 11.1 Å². The number of benzene rings is 5. The summed E-state index contributed by atoms with van der Waals surface area (Å²) in [6.45, 7) is 3.91. The highest BCUT2D eigenvalue weighted by molar-refractivity contribution is 7.94. The fourth-order valence-corrected chi connectivity index (χ4v) is 5.10. The number of hydrogen-bond donors (Lipinski definition) is 9. The van der Waals surface area contributed by atoms with E-state index in [4.69, 9.17) is 38.6 Å². The number of nitro groups is 1. The molecule has 0 fully saturated rings. The minimum absolute atomic E-state index is 0.00395. The minimum atomic E-state index is -4.61. The van der Waals surface area contributed by atoms with Gasteiger partial charge in [0.2, 0.25) is 0 Å². The number of nitrogen functional groups attached to an aromatic ring is 4. The molecule has 53 heavy (non-hydrogen) atoms. The Balaban J connectivity index is 0.000000261. The van der Waals surface area contributed by atoms with Gasteiger partial charge in [0, 0.05) is 44.7 Å². The third-order valence-electron chi connectivity index (χ3n) is 6.40. The van der Waals surface area contributed by atoms with Crippen LogP contribution in [-0.2, 0) is 28.9 Å². The Bertz CT molecular complexity index is 1970. The van der Waals surface area contributed by atoms with Crippen molar-refractivity contribution in [2.75, 3.05) is 28.3 Å². The number of aryl methyl sites for hydroxylation is 2. The number of nitrogens with zero attached hydrogens (tertiary/aromatic N) is 1. The smallest absolute Gasteiger partial charge is 0.296 e. The Morgan fingerprint density at radius 2 is 1.26 bits per heavy atom. The third kappa shape index (κ3) is 15.8. The fraction of sp³-hybridized carbons (Fsp3) is 0.0625. The van der Waals surface area contributed by atoms with Gasteiger partial charge in [-0.1, -0.05) is 34.3 Å². The Kier molecular flexibility index (Phi) is 18.1. The minimum Gasteiger partial charge on any atom is -0.506 e. The molecule has 13 N–H and O–H groups in total. The zero-order chi connectivity index (χ0) is 39.6. The summed E-state index contributed by atoms with van der Waals surface area (Å²) in [6.07, 6.45) is 0. The summed E-state index contributed by atoms with van der Waals surface area (Å²) in [5.74, 6) is 0.00395. The van der Waals surface area contributed by atoms with Crippen molar-refractivity contribution >= 4 is 74.0 Å². The van der Waals surface area contributed by atoms with Crippen molar-refractivity contribution in [3.63, 3.8) is 0 Å². The van der Waals surface area contributed by atoms with E-state index in [2.05, 4.69) is 24.1 Å². The molecule has 284 valence electrons. The van der Waals surface area contributed by atoms with E-state index < -0.39 is 25.6 Å². The molecular weight excluding hydrogens is 757 g/mol. The zero-order valence-corrected chi connectivity index (χ0v) is 30.3. The van der Waals surface area contributed by atoms with Crippen molar-refractivity contribution in [1.82, 2.24) is 0 Å². The average molecular weight is 793 g/mol. The maximum atomic E-state index is 11.3.